The molecule has 2 aliphatic heterocycles. The Morgan fingerprint density at radius 1 is 0.946 bits per heavy atom. The minimum Gasteiger partial charge on any atom is -0.298 e. The molecule has 2 aliphatic rings. The van der Waals surface area contributed by atoms with Gasteiger partial charge in [-0.25, -0.2) is 0 Å². The quantitative estimate of drug-likeness (QED) is 0.300. The number of benzene rings is 2. The number of amides is 1. The van der Waals surface area contributed by atoms with Crippen LogP contribution in [0.1, 0.15) is 57.2 Å². The summed E-state index contributed by atoms with van der Waals surface area (Å²) in [7, 11) is 2.69. The van der Waals surface area contributed by atoms with Crippen LogP contribution in [0.5, 0.6) is 0 Å². The standard InChI is InChI=1S/C29H31Cl3N3OP/c1-29(2,3)34-13-11-17(12-14-34)24-16-25-20(27(33-24)19-8-7-18(37)15-23(19)32)9-10-26(36)35(25)28-21(30)5-4-6-22(28)31/h4-8,15-17H,9-14,37H2,1-3H3. The van der Waals surface area contributed by atoms with Gasteiger partial charge in [-0.3, -0.25) is 19.6 Å². The summed E-state index contributed by atoms with van der Waals surface area (Å²) in [4.78, 5) is 22.9. The van der Waals surface area contributed by atoms with E-state index in [1.165, 1.54) is 0 Å². The zero-order chi connectivity index (χ0) is 26.5. The van der Waals surface area contributed by atoms with Crippen LogP contribution < -0.4 is 10.2 Å². The fraction of sp³-hybridized carbons (Fsp3) is 0.379. The molecule has 1 aromatic heterocycles. The van der Waals surface area contributed by atoms with E-state index in [9.17, 15) is 4.79 Å². The molecule has 0 N–H and O–H groups in total. The molecule has 4 nitrogen and oxygen atoms in total. The van der Waals surface area contributed by atoms with Crippen LogP contribution in [0.2, 0.25) is 15.1 Å². The number of aromatic nitrogens is 1. The molecule has 0 aliphatic carbocycles. The van der Waals surface area contributed by atoms with Crippen molar-refractivity contribution < 1.29 is 4.79 Å². The van der Waals surface area contributed by atoms with Gasteiger partial charge in [-0.1, -0.05) is 53.0 Å². The minimum atomic E-state index is -0.0282. The maximum atomic E-state index is 13.4. The molecule has 194 valence electrons. The third kappa shape index (κ3) is 5.29. The van der Waals surface area contributed by atoms with Crippen LogP contribution in [-0.2, 0) is 11.2 Å². The monoisotopic (exact) mass is 573 g/mol. The lowest BCUT2D eigenvalue weighted by Gasteiger charge is -2.41. The Hall–Kier alpha value is -1.68. The molecule has 1 saturated heterocycles. The van der Waals surface area contributed by atoms with Crippen molar-refractivity contribution in [2.24, 2.45) is 0 Å². The Labute approximate surface area is 236 Å². The van der Waals surface area contributed by atoms with Crippen molar-refractivity contribution >= 4 is 66.6 Å². The Morgan fingerprint density at radius 2 is 1.62 bits per heavy atom. The summed E-state index contributed by atoms with van der Waals surface area (Å²) in [5, 5.41) is 2.53. The molecule has 5 rings (SSSR count). The average molecular weight is 575 g/mol. The number of nitrogens with zero attached hydrogens (tertiary/aromatic N) is 3. The number of carbonyl (C=O) groups excluding carboxylic acids is 1. The maximum Gasteiger partial charge on any atom is 0.231 e. The van der Waals surface area contributed by atoms with Gasteiger partial charge in [-0.05, 0) is 82.7 Å². The van der Waals surface area contributed by atoms with Crippen LogP contribution in [0.25, 0.3) is 11.3 Å². The van der Waals surface area contributed by atoms with Gasteiger partial charge in [0.2, 0.25) is 5.91 Å². The first kappa shape index (κ1) is 26.9. The van der Waals surface area contributed by atoms with Gasteiger partial charge >= 0.3 is 0 Å². The number of fused-ring (bicyclic) bond motifs is 1. The van der Waals surface area contributed by atoms with Crippen molar-refractivity contribution in [1.29, 1.82) is 0 Å². The smallest absolute Gasteiger partial charge is 0.231 e. The van der Waals surface area contributed by atoms with Crippen LogP contribution >= 0.6 is 44.0 Å². The number of rotatable bonds is 3. The average Bonchev–Trinajstić information content (AvgIpc) is 2.84. The fourth-order valence-corrected chi connectivity index (χ4v) is 6.66. The van der Waals surface area contributed by atoms with Gasteiger partial charge in [0.05, 0.1) is 32.1 Å². The van der Waals surface area contributed by atoms with Gasteiger partial charge < -0.3 is 0 Å². The largest absolute Gasteiger partial charge is 0.298 e. The Morgan fingerprint density at radius 3 is 2.24 bits per heavy atom. The van der Waals surface area contributed by atoms with E-state index in [-0.39, 0.29) is 17.4 Å². The second kappa shape index (κ2) is 10.5. The second-order valence-electron chi connectivity index (χ2n) is 10.9. The normalized spacial score (nSPS) is 17.3. The van der Waals surface area contributed by atoms with E-state index in [2.05, 4.69) is 41.0 Å². The summed E-state index contributed by atoms with van der Waals surface area (Å²) in [6, 6.07) is 13.4. The van der Waals surface area contributed by atoms with Gasteiger partial charge in [-0.2, -0.15) is 0 Å². The van der Waals surface area contributed by atoms with Gasteiger partial charge in [0.25, 0.3) is 0 Å². The SMILES string of the molecule is CC(C)(C)N1CCC(c2cc3c(c(-c4ccc(P)cc4Cl)n2)CCC(=O)N3c2c(Cl)cccc2Cl)CC1. The predicted octanol–water partition coefficient (Wildman–Crippen LogP) is 7.80. The lowest BCUT2D eigenvalue weighted by molar-refractivity contribution is -0.118. The molecule has 0 spiro atoms. The summed E-state index contributed by atoms with van der Waals surface area (Å²) >= 11 is 20.0. The number of carbonyl (C=O) groups is 1. The van der Waals surface area contributed by atoms with E-state index in [0.717, 1.165) is 59.4 Å². The maximum absolute atomic E-state index is 13.4. The van der Waals surface area contributed by atoms with Crippen molar-refractivity contribution in [2.45, 2.75) is 57.9 Å². The number of anilines is 2. The van der Waals surface area contributed by atoms with Crippen molar-refractivity contribution in [3.05, 3.63) is 68.8 Å². The highest BCUT2D eigenvalue weighted by Crippen LogP contribution is 2.46. The number of likely N-dealkylation sites (tertiary alicyclic amines) is 1. The molecule has 37 heavy (non-hydrogen) atoms. The first-order chi connectivity index (χ1) is 17.5. The summed E-state index contributed by atoms with van der Waals surface area (Å²) < 4.78 is 0. The van der Waals surface area contributed by atoms with Crippen molar-refractivity contribution in [1.82, 2.24) is 9.88 Å². The lowest BCUT2D eigenvalue weighted by Crippen LogP contribution is -2.45. The summed E-state index contributed by atoms with van der Waals surface area (Å²) in [6.45, 7) is 8.79. The van der Waals surface area contributed by atoms with E-state index in [4.69, 9.17) is 39.8 Å². The van der Waals surface area contributed by atoms with E-state index >= 15 is 0 Å². The van der Waals surface area contributed by atoms with Crippen LogP contribution in [0.4, 0.5) is 11.4 Å². The molecule has 8 heteroatoms. The van der Waals surface area contributed by atoms with Crippen LogP contribution in [0, 0.1) is 0 Å². The molecule has 1 atom stereocenters. The summed E-state index contributed by atoms with van der Waals surface area (Å²) in [6.07, 6.45) is 2.92. The van der Waals surface area contributed by atoms with Crippen LogP contribution in [0.3, 0.4) is 0 Å². The lowest BCUT2D eigenvalue weighted by atomic mass is 9.87. The molecule has 1 amide bonds. The minimum absolute atomic E-state index is 0.0282. The Bertz CT molecular complexity index is 1340. The zero-order valence-electron chi connectivity index (χ0n) is 21.3. The Balaban J connectivity index is 1.68. The molecular formula is C29H31Cl3N3OP. The predicted molar refractivity (Wildman–Crippen MR) is 159 cm³/mol. The van der Waals surface area contributed by atoms with Gasteiger partial charge in [0.15, 0.2) is 0 Å². The highest BCUT2D eigenvalue weighted by Gasteiger charge is 2.34. The van der Waals surface area contributed by atoms with Gasteiger partial charge in [0.1, 0.15) is 0 Å². The molecule has 1 unspecified atom stereocenters. The highest BCUT2D eigenvalue weighted by molar-refractivity contribution is 7.27. The first-order valence-corrected chi connectivity index (χ1v) is 14.4. The van der Waals surface area contributed by atoms with Crippen molar-refractivity contribution in [3.63, 3.8) is 0 Å². The third-order valence-corrected chi connectivity index (χ3v) is 8.75. The van der Waals surface area contributed by atoms with Crippen molar-refractivity contribution in [3.8, 4) is 11.3 Å². The summed E-state index contributed by atoms with van der Waals surface area (Å²) in [5.41, 5.74) is 5.14. The number of para-hydroxylation sites is 1. The molecule has 1 fully saturated rings. The van der Waals surface area contributed by atoms with E-state index in [1.54, 1.807) is 23.1 Å². The molecule has 0 bridgehead atoms. The van der Waals surface area contributed by atoms with Crippen LogP contribution in [-0.4, -0.2) is 34.4 Å². The number of hydrogen-bond donors (Lipinski definition) is 0. The molecule has 3 heterocycles. The van der Waals surface area contributed by atoms with E-state index in [1.807, 2.05) is 18.2 Å². The molecule has 0 radical (unpaired) electrons. The molecule has 2 aromatic carbocycles. The topological polar surface area (TPSA) is 36.4 Å². The number of hydrogen-bond acceptors (Lipinski definition) is 3. The van der Waals surface area contributed by atoms with E-state index < -0.39 is 0 Å². The fourth-order valence-electron chi connectivity index (χ4n) is 5.45. The first-order valence-electron chi connectivity index (χ1n) is 12.7. The highest BCUT2D eigenvalue weighted by atomic mass is 35.5. The Kier molecular flexibility index (Phi) is 7.62. The second-order valence-corrected chi connectivity index (χ2v) is 12.8. The van der Waals surface area contributed by atoms with Gasteiger partial charge in [0, 0.05) is 34.7 Å². The molecular weight excluding hydrogens is 544 g/mol. The third-order valence-electron chi connectivity index (χ3n) is 7.47. The molecule has 0 saturated carbocycles. The number of piperidine rings is 1. The van der Waals surface area contributed by atoms with Gasteiger partial charge in [-0.15, -0.1) is 9.24 Å². The van der Waals surface area contributed by atoms with Crippen LogP contribution in [0.15, 0.2) is 42.5 Å². The number of halogens is 3. The zero-order valence-corrected chi connectivity index (χ0v) is 24.7. The number of pyridine rings is 1. The van der Waals surface area contributed by atoms with E-state index in [0.29, 0.717) is 33.6 Å². The summed E-state index contributed by atoms with van der Waals surface area (Å²) in [5.74, 6) is 0.252. The molecule has 3 aromatic rings. The van der Waals surface area contributed by atoms with Crippen molar-refractivity contribution in [2.75, 3.05) is 18.0 Å².